The SMILES string of the molecule is C[C@@H]1CC(=O)C[C@H](CCCCOCc2ccccc2)N1. The number of unbranched alkanes of at least 4 members (excludes halogenated alkanes) is 1. The first-order chi connectivity index (χ1) is 9.74. The topological polar surface area (TPSA) is 38.3 Å². The summed E-state index contributed by atoms with van der Waals surface area (Å²) in [7, 11) is 0. The number of hydrogen-bond donors (Lipinski definition) is 1. The van der Waals surface area contributed by atoms with Gasteiger partial charge in [-0.15, -0.1) is 0 Å². The highest BCUT2D eigenvalue weighted by Gasteiger charge is 2.22. The molecule has 0 bridgehead atoms. The van der Waals surface area contributed by atoms with E-state index in [9.17, 15) is 4.79 Å². The van der Waals surface area contributed by atoms with Gasteiger partial charge < -0.3 is 10.1 Å². The van der Waals surface area contributed by atoms with Crippen LogP contribution in [0.5, 0.6) is 0 Å². The number of piperidine rings is 1. The maximum atomic E-state index is 11.5. The van der Waals surface area contributed by atoms with E-state index in [0.29, 0.717) is 37.3 Å². The summed E-state index contributed by atoms with van der Waals surface area (Å²) in [6.07, 6.45) is 4.65. The third-order valence-corrected chi connectivity index (χ3v) is 3.73. The fourth-order valence-electron chi connectivity index (χ4n) is 2.76. The highest BCUT2D eigenvalue weighted by Crippen LogP contribution is 2.14. The lowest BCUT2D eigenvalue weighted by Crippen LogP contribution is -2.44. The number of carbonyl (C=O) groups is 1. The smallest absolute Gasteiger partial charge is 0.136 e. The zero-order valence-corrected chi connectivity index (χ0v) is 12.3. The molecule has 0 unspecified atom stereocenters. The number of ether oxygens (including phenoxy) is 1. The standard InChI is InChI=1S/C17H25NO2/c1-14-11-17(19)12-16(18-14)9-5-6-10-20-13-15-7-3-2-4-8-15/h2-4,7-8,14,16,18H,5-6,9-13H2,1H3/t14-,16+/m1/s1. The Morgan fingerprint density at radius 3 is 2.75 bits per heavy atom. The van der Waals surface area contributed by atoms with Gasteiger partial charge in [-0.25, -0.2) is 0 Å². The molecule has 0 radical (unpaired) electrons. The van der Waals surface area contributed by atoms with Gasteiger partial charge in [0.15, 0.2) is 0 Å². The first-order valence-corrected chi connectivity index (χ1v) is 7.63. The van der Waals surface area contributed by atoms with Crippen molar-refractivity contribution >= 4 is 5.78 Å². The predicted octanol–water partition coefficient (Wildman–Crippen LogP) is 3.08. The van der Waals surface area contributed by atoms with Crippen LogP contribution in [0.25, 0.3) is 0 Å². The van der Waals surface area contributed by atoms with Gasteiger partial charge >= 0.3 is 0 Å². The monoisotopic (exact) mass is 275 g/mol. The molecule has 1 fully saturated rings. The molecule has 1 aliphatic heterocycles. The van der Waals surface area contributed by atoms with E-state index in [1.54, 1.807) is 0 Å². The summed E-state index contributed by atoms with van der Waals surface area (Å²) in [5, 5.41) is 3.50. The normalized spacial score (nSPS) is 22.9. The minimum Gasteiger partial charge on any atom is -0.377 e. The van der Waals surface area contributed by atoms with Gasteiger partial charge in [-0.05, 0) is 31.7 Å². The van der Waals surface area contributed by atoms with Gasteiger partial charge in [0, 0.05) is 31.5 Å². The van der Waals surface area contributed by atoms with Crippen molar-refractivity contribution in [2.45, 2.75) is 57.7 Å². The van der Waals surface area contributed by atoms with Crippen molar-refractivity contribution in [3.8, 4) is 0 Å². The second-order valence-electron chi connectivity index (χ2n) is 5.75. The lowest BCUT2D eigenvalue weighted by Gasteiger charge is -2.27. The summed E-state index contributed by atoms with van der Waals surface area (Å²) in [4.78, 5) is 11.5. The summed E-state index contributed by atoms with van der Waals surface area (Å²) in [6.45, 7) is 3.58. The van der Waals surface area contributed by atoms with Gasteiger partial charge in [0.2, 0.25) is 0 Å². The molecule has 0 amide bonds. The van der Waals surface area contributed by atoms with Gasteiger partial charge in [0.1, 0.15) is 5.78 Å². The van der Waals surface area contributed by atoms with Crippen molar-refractivity contribution < 1.29 is 9.53 Å². The number of nitrogens with one attached hydrogen (secondary N) is 1. The van der Waals surface area contributed by atoms with Gasteiger partial charge in [-0.3, -0.25) is 4.79 Å². The molecule has 3 nitrogen and oxygen atoms in total. The van der Waals surface area contributed by atoms with Crippen LogP contribution in [0.15, 0.2) is 30.3 Å². The van der Waals surface area contributed by atoms with Gasteiger partial charge in [0.25, 0.3) is 0 Å². The summed E-state index contributed by atoms with van der Waals surface area (Å²) < 4.78 is 5.66. The molecule has 0 aromatic heterocycles. The Balaban J connectivity index is 1.52. The number of benzene rings is 1. The largest absolute Gasteiger partial charge is 0.377 e. The van der Waals surface area contributed by atoms with E-state index in [4.69, 9.17) is 4.74 Å². The van der Waals surface area contributed by atoms with Crippen LogP contribution in [0.1, 0.15) is 44.6 Å². The first kappa shape index (κ1) is 15.2. The van der Waals surface area contributed by atoms with Crippen LogP contribution < -0.4 is 5.32 Å². The molecule has 1 aliphatic rings. The Kier molecular flexibility index (Phi) is 6.22. The first-order valence-electron chi connectivity index (χ1n) is 7.63. The van der Waals surface area contributed by atoms with Crippen molar-refractivity contribution in [3.63, 3.8) is 0 Å². The van der Waals surface area contributed by atoms with E-state index in [-0.39, 0.29) is 0 Å². The summed E-state index contributed by atoms with van der Waals surface area (Å²) in [6, 6.07) is 11.0. The number of hydrogen-bond acceptors (Lipinski definition) is 3. The minimum atomic E-state index is 0.343. The van der Waals surface area contributed by atoms with E-state index < -0.39 is 0 Å². The molecule has 0 saturated carbocycles. The molecule has 2 rings (SSSR count). The molecule has 3 heteroatoms. The van der Waals surface area contributed by atoms with Crippen LogP contribution >= 0.6 is 0 Å². The molecule has 20 heavy (non-hydrogen) atoms. The Hall–Kier alpha value is -1.19. The molecule has 0 aliphatic carbocycles. The minimum absolute atomic E-state index is 0.343. The quantitative estimate of drug-likeness (QED) is 0.777. The third-order valence-electron chi connectivity index (χ3n) is 3.73. The van der Waals surface area contributed by atoms with E-state index >= 15 is 0 Å². The zero-order chi connectivity index (χ0) is 14.2. The van der Waals surface area contributed by atoms with Crippen molar-refractivity contribution in [1.29, 1.82) is 0 Å². The number of carbonyl (C=O) groups excluding carboxylic acids is 1. The highest BCUT2D eigenvalue weighted by molar-refractivity contribution is 5.80. The molecule has 1 aromatic carbocycles. The predicted molar refractivity (Wildman–Crippen MR) is 80.6 cm³/mol. The van der Waals surface area contributed by atoms with E-state index in [2.05, 4.69) is 24.4 Å². The Morgan fingerprint density at radius 2 is 2.00 bits per heavy atom. The maximum absolute atomic E-state index is 11.5. The fraction of sp³-hybridized carbons (Fsp3) is 0.588. The van der Waals surface area contributed by atoms with Crippen LogP contribution in [-0.2, 0) is 16.1 Å². The molecular formula is C17H25NO2. The lowest BCUT2D eigenvalue weighted by atomic mass is 9.95. The second kappa shape index (κ2) is 8.18. The second-order valence-corrected chi connectivity index (χ2v) is 5.75. The lowest BCUT2D eigenvalue weighted by molar-refractivity contribution is -0.121. The van der Waals surface area contributed by atoms with Crippen molar-refractivity contribution in [3.05, 3.63) is 35.9 Å². The van der Waals surface area contributed by atoms with Gasteiger partial charge in [0.05, 0.1) is 6.61 Å². The highest BCUT2D eigenvalue weighted by atomic mass is 16.5. The van der Waals surface area contributed by atoms with Crippen LogP contribution in [-0.4, -0.2) is 24.5 Å². The summed E-state index contributed by atoms with van der Waals surface area (Å²) >= 11 is 0. The summed E-state index contributed by atoms with van der Waals surface area (Å²) in [5.74, 6) is 0.404. The van der Waals surface area contributed by atoms with Crippen LogP contribution in [0, 0.1) is 0 Å². The third kappa shape index (κ3) is 5.43. The molecule has 1 N–H and O–H groups in total. The Morgan fingerprint density at radius 1 is 1.20 bits per heavy atom. The molecular weight excluding hydrogens is 250 g/mol. The number of rotatable bonds is 7. The Bertz CT molecular complexity index is 405. The number of ketones is 1. The average Bonchev–Trinajstić information content (AvgIpc) is 2.43. The molecule has 2 atom stereocenters. The van der Waals surface area contributed by atoms with E-state index in [0.717, 1.165) is 25.9 Å². The Labute approximate surface area is 121 Å². The van der Waals surface area contributed by atoms with E-state index in [1.165, 1.54) is 5.56 Å². The van der Waals surface area contributed by atoms with Crippen LogP contribution in [0.2, 0.25) is 0 Å². The fourth-order valence-corrected chi connectivity index (χ4v) is 2.76. The molecule has 110 valence electrons. The van der Waals surface area contributed by atoms with Crippen molar-refractivity contribution in [1.82, 2.24) is 5.32 Å². The summed E-state index contributed by atoms with van der Waals surface area (Å²) in [5.41, 5.74) is 1.22. The zero-order valence-electron chi connectivity index (χ0n) is 12.3. The van der Waals surface area contributed by atoms with E-state index in [1.807, 2.05) is 18.2 Å². The van der Waals surface area contributed by atoms with Gasteiger partial charge in [-0.1, -0.05) is 30.3 Å². The van der Waals surface area contributed by atoms with Gasteiger partial charge in [-0.2, -0.15) is 0 Å². The molecule has 1 heterocycles. The maximum Gasteiger partial charge on any atom is 0.136 e. The molecule has 0 spiro atoms. The molecule has 1 aromatic rings. The van der Waals surface area contributed by atoms with Crippen LogP contribution in [0.3, 0.4) is 0 Å². The van der Waals surface area contributed by atoms with Crippen molar-refractivity contribution in [2.24, 2.45) is 0 Å². The van der Waals surface area contributed by atoms with Crippen molar-refractivity contribution in [2.75, 3.05) is 6.61 Å². The number of Topliss-reactive ketones (excluding diaryl/α,β-unsaturated/α-hetero) is 1. The van der Waals surface area contributed by atoms with Crippen LogP contribution in [0.4, 0.5) is 0 Å². The average molecular weight is 275 g/mol. The molecule has 1 saturated heterocycles.